The van der Waals surface area contributed by atoms with Crippen LogP contribution in [-0.4, -0.2) is 29.6 Å². The highest BCUT2D eigenvalue weighted by atomic mass is 16.5. The van der Waals surface area contributed by atoms with Gasteiger partial charge in [0, 0.05) is 13.1 Å². The van der Waals surface area contributed by atoms with Gasteiger partial charge >= 0.3 is 0 Å². The number of fused-ring (bicyclic) bond motifs is 1. The predicted molar refractivity (Wildman–Crippen MR) is 83.5 cm³/mol. The predicted octanol–water partition coefficient (Wildman–Crippen LogP) is 2.04. The Hall–Kier alpha value is -2.83. The van der Waals surface area contributed by atoms with Gasteiger partial charge in [-0.2, -0.15) is 0 Å². The van der Waals surface area contributed by atoms with E-state index in [1.165, 1.54) is 11.8 Å². The van der Waals surface area contributed by atoms with Crippen LogP contribution in [0.4, 0.5) is 11.5 Å². The normalized spacial score (nSPS) is 20.0. The second-order valence-corrected chi connectivity index (χ2v) is 5.75. The van der Waals surface area contributed by atoms with E-state index in [1.807, 2.05) is 19.1 Å². The van der Waals surface area contributed by atoms with Gasteiger partial charge in [-0.1, -0.05) is 11.2 Å². The number of nitrogens with zero attached hydrogens (tertiary/aromatic N) is 2. The maximum atomic E-state index is 12.7. The van der Waals surface area contributed by atoms with Crippen LogP contribution in [0.3, 0.4) is 0 Å². The number of hydrogen-bond acceptors (Lipinski definition) is 5. The van der Waals surface area contributed by atoms with E-state index in [2.05, 4.69) is 10.5 Å². The first-order valence-corrected chi connectivity index (χ1v) is 7.14. The number of benzene rings is 1. The van der Waals surface area contributed by atoms with Gasteiger partial charge in [0.2, 0.25) is 0 Å². The van der Waals surface area contributed by atoms with Gasteiger partial charge in [0.05, 0.1) is 5.69 Å². The van der Waals surface area contributed by atoms with E-state index in [4.69, 9.17) is 9.26 Å². The molecule has 2 aromatic rings. The molecule has 0 spiro atoms. The third-order valence-corrected chi connectivity index (χ3v) is 3.81. The van der Waals surface area contributed by atoms with E-state index in [0.717, 1.165) is 5.56 Å². The molecule has 0 radical (unpaired) electrons. The number of rotatable bonds is 2. The number of carbonyl (C=O) groups excluding carboxylic acids is 2. The third-order valence-electron chi connectivity index (χ3n) is 3.81. The van der Waals surface area contributed by atoms with Crippen molar-refractivity contribution in [2.75, 3.05) is 17.3 Å². The first kappa shape index (κ1) is 15.1. The highest BCUT2D eigenvalue weighted by Crippen LogP contribution is 2.38. The van der Waals surface area contributed by atoms with Crippen molar-refractivity contribution >= 4 is 23.3 Å². The van der Waals surface area contributed by atoms with Crippen LogP contribution < -0.4 is 15.0 Å². The summed E-state index contributed by atoms with van der Waals surface area (Å²) in [6.07, 6.45) is 0. The average Bonchev–Trinajstić information content (AvgIpc) is 2.91. The topological polar surface area (TPSA) is 84.7 Å². The molecule has 2 amide bonds. The van der Waals surface area contributed by atoms with E-state index in [0.29, 0.717) is 17.2 Å². The lowest BCUT2D eigenvalue weighted by atomic mass is 10.00. The number of aryl methyl sites for hydroxylation is 2. The van der Waals surface area contributed by atoms with Gasteiger partial charge in [0.15, 0.2) is 5.82 Å². The lowest BCUT2D eigenvalue weighted by Gasteiger charge is -2.37. The summed E-state index contributed by atoms with van der Waals surface area (Å²) in [5, 5.41) is 6.24. The molecule has 120 valence electrons. The van der Waals surface area contributed by atoms with Crippen LogP contribution >= 0.6 is 0 Å². The molecule has 1 atom stereocenters. The first-order chi connectivity index (χ1) is 10.8. The maximum Gasteiger partial charge on any atom is 0.280 e. The van der Waals surface area contributed by atoms with Crippen molar-refractivity contribution in [3.05, 3.63) is 35.6 Å². The zero-order chi connectivity index (χ0) is 16.8. The van der Waals surface area contributed by atoms with Crippen LogP contribution in [0.5, 0.6) is 5.75 Å². The molecule has 1 N–H and O–H groups in total. The van der Waals surface area contributed by atoms with Gasteiger partial charge in [0.1, 0.15) is 11.5 Å². The van der Waals surface area contributed by atoms with Crippen LogP contribution in [0, 0.1) is 13.8 Å². The van der Waals surface area contributed by atoms with Crippen molar-refractivity contribution in [1.82, 2.24) is 5.16 Å². The molecule has 1 unspecified atom stereocenters. The minimum Gasteiger partial charge on any atom is -0.465 e. The van der Waals surface area contributed by atoms with Gasteiger partial charge in [-0.15, -0.1) is 0 Å². The van der Waals surface area contributed by atoms with Gasteiger partial charge in [-0.25, -0.2) is 0 Å². The Morgan fingerprint density at radius 3 is 2.70 bits per heavy atom. The lowest BCUT2D eigenvalue weighted by molar-refractivity contribution is -0.145. The molecule has 2 heterocycles. The number of ether oxygens (including phenoxy) is 1. The lowest BCUT2D eigenvalue weighted by Crippen LogP contribution is -2.59. The quantitative estimate of drug-likeness (QED) is 0.857. The molecule has 0 fully saturated rings. The van der Waals surface area contributed by atoms with Gasteiger partial charge < -0.3 is 19.5 Å². The van der Waals surface area contributed by atoms with E-state index in [9.17, 15) is 9.59 Å². The standard InChI is InChI=1S/C16H17N3O4/c1-9-5-6-12-11(7-9)19(4)15(21)16(3,22-12)14(20)17-13-8-10(2)23-18-13/h5-8H,1-4H3,(H,17,18,20). The SMILES string of the molecule is Cc1ccc2c(c1)N(C)C(=O)C(C)(C(=O)Nc1cc(C)on1)O2. The van der Waals surface area contributed by atoms with Crippen molar-refractivity contribution in [3.63, 3.8) is 0 Å². The zero-order valence-corrected chi connectivity index (χ0v) is 13.3. The van der Waals surface area contributed by atoms with Crippen molar-refractivity contribution in [2.45, 2.75) is 26.4 Å². The van der Waals surface area contributed by atoms with Gasteiger partial charge in [-0.05, 0) is 38.5 Å². The van der Waals surface area contributed by atoms with Gasteiger partial charge in [0.25, 0.3) is 17.4 Å². The highest BCUT2D eigenvalue weighted by Gasteiger charge is 2.50. The largest absolute Gasteiger partial charge is 0.465 e. The summed E-state index contributed by atoms with van der Waals surface area (Å²) in [4.78, 5) is 26.7. The summed E-state index contributed by atoms with van der Waals surface area (Å²) < 4.78 is 10.6. The number of aromatic nitrogens is 1. The van der Waals surface area contributed by atoms with Crippen LogP contribution in [0.1, 0.15) is 18.2 Å². The molecule has 1 aromatic heterocycles. The molecule has 1 aliphatic rings. The summed E-state index contributed by atoms with van der Waals surface area (Å²) >= 11 is 0. The molecule has 3 rings (SSSR count). The fraction of sp³-hybridized carbons (Fsp3) is 0.312. The summed E-state index contributed by atoms with van der Waals surface area (Å²) in [6.45, 7) is 5.07. The Bertz CT molecular complexity index is 798. The molecule has 23 heavy (non-hydrogen) atoms. The van der Waals surface area contributed by atoms with Crippen LogP contribution in [0.15, 0.2) is 28.8 Å². The Balaban J connectivity index is 1.93. The summed E-state index contributed by atoms with van der Waals surface area (Å²) in [5.74, 6) is 0.218. The maximum absolute atomic E-state index is 12.7. The molecule has 0 bridgehead atoms. The van der Waals surface area contributed by atoms with Crippen molar-refractivity contribution in [3.8, 4) is 5.75 Å². The molecular formula is C16H17N3O4. The second-order valence-electron chi connectivity index (χ2n) is 5.75. The Morgan fingerprint density at radius 1 is 1.30 bits per heavy atom. The van der Waals surface area contributed by atoms with Crippen molar-refractivity contribution < 1.29 is 18.8 Å². The number of anilines is 2. The number of amides is 2. The smallest absolute Gasteiger partial charge is 0.280 e. The molecule has 1 aliphatic heterocycles. The van der Waals surface area contributed by atoms with Gasteiger partial charge in [-0.3, -0.25) is 9.59 Å². The molecule has 7 nitrogen and oxygen atoms in total. The fourth-order valence-corrected chi connectivity index (χ4v) is 2.47. The molecule has 0 aliphatic carbocycles. The summed E-state index contributed by atoms with van der Waals surface area (Å²) in [6, 6.07) is 7.02. The third kappa shape index (κ3) is 2.44. The summed E-state index contributed by atoms with van der Waals surface area (Å²) in [7, 11) is 1.62. The minimum absolute atomic E-state index is 0.238. The molecule has 1 aromatic carbocycles. The minimum atomic E-state index is -1.68. The number of hydrogen-bond donors (Lipinski definition) is 1. The molecule has 7 heteroatoms. The van der Waals surface area contributed by atoms with E-state index in [-0.39, 0.29) is 5.82 Å². The monoisotopic (exact) mass is 315 g/mol. The van der Waals surface area contributed by atoms with E-state index < -0.39 is 17.4 Å². The van der Waals surface area contributed by atoms with Crippen LogP contribution in [0.2, 0.25) is 0 Å². The highest BCUT2D eigenvalue weighted by molar-refractivity contribution is 6.19. The van der Waals surface area contributed by atoms with Crippen molar-refractivity contribution in [1.29, 1.82) is 0 Å². The number of likely N-dealkylation sites (N-methyl/N-ethyl adjacent to an activating group) is 1. The molecular weight excluding hydrogens is 298 g/mol. The zero-order valence-electron chi connectivity index (χ0n) is 13.3. The molecule has 0 saturated carbocycles. The Kier molecular flexibility index (Phi) is 3.35. The van der Waals surface area contributed by atoms with Crippen molar-refractivity contribution in [2.24, 2.45) is 0 Å². The number of nitrogens with one attached hydrogen (secondary N) is 1. The number of carbonyl (C=O) groups is 2. The summed E-state index contributed by atoms with van der Waals surface area (Å²) in [5.41, 5.74) is -0.0418. The van der Waals surface area contributed by atoms with Crippen LogP contribution in [0.25, 0.3) is 0 Å². The Morgan fingerprint density at radius 2 is 2.04 bits per heavy atom. The fourth-order valence-electron chi connectivity index (χ4n) is 2.47. The van der Waals surface area contributed by atoms with E-state index in [1.54, 1.807) is 26.1 Å². The van der Waals surface area contributed by atoms with E-state index >= 15 is 0 Å². The molecule has 0 saturated heterocycles. The van der Waals surface area contributed by atoms with Crippen LogP contribution in [-0.2, 0) is 9.59 Å². The Labute approximate surface area is 133 Å². The first-order valence-electron chi connectivity index (χ1n) is 7.14. The second kappa shape index (κ2) is 5.12. The average molecular weight is 315 g/mol.